The van der Waals surface area contributed by atoms with Crippen molar-refractivity contribution < 1.29 is 4.21 Å². The third kappa shape index (κ3) is 4.89. The Hall–Kier alpha value is -0.840. The molecule has 0 aliphatic carbocycles. The lowest BCUT2D eigenvalue weighted by atomic mass is 10.2. The number of hydrogen-bond donors (Lipinski definition) is 1. The van der Waals surface area contributed by atoms with Crippen LogP contribution in [-0.2, 0) is 17.3 Å². The summed E-state index contributed by atoms with van der Waals surface area (Å²) in [4.78, 5) is 4.44. The van der Waals surface area contributed by atoms with Gasteiger partial charge in [0.1, 0.15) is 0 Å². The van der Waals surface area contributed by atoms with Gasteiger partial charge in [-0.2, -0.15) is 0 Å². The lowest BCUT2D eigenvalue weighted by molar-refractivity contribution is 0.665. The summed E-state index contributed by atoms with van der Waals surface area (Å²) in [6.45, 7) is 9.94. The maximum Gasteiger partial charge on any atom is 0.203 e. The van der Waals surface area contributed by atoms with Gasteiger partial charge in [0.15, 0.2) is 0 Å². The van der Waals surface area contributed by atoms with E-state index < -0.39 is 10.8 Å². The Morgan fingerprint density at radius 3 is 2.82 bits per heavy atom. The highest BCUT2D eigenvalue weighted by Gasteiger charge is 2.06. The van der Waals surface area contributed by atoms with Crippen molar-refractivity contribution in [3.8, 4) is 0 Å². The van der Waals surface area contributed by atoms with Crippen molar-refractivity contribution in [2.24, 2.45) is 5.92 Å². The molecule has 0 saturated carbocycles. The van der Waals surface area contributed by atoms with Crippen LogP contribution in [0.5, 0.6) is 0 Å². The molecule has 1 aromatic heterocycles. The van der Waals surface area contributed by atoms with Crippen LogP contribution in [-0.4, -0.2) is 31.8 Å². The fraction of sp³-hybridized carbons (Fsp3) is 0.750. The molecular weight excluding hydrogens is 234 g/mol. The topological polar surface area (TPSA) is 46.9 Å². The average molecular weight is 257 g/mol. The number of nitrogens with zero attached hydrogens (tertiary/aromatic N) is 2. The van der Waals surface area contributed by atoms with Crippen LogP contribution in [0.25, 0.3) is 0 Å². The molecule has 0 aliphatic heterocycles. The second-order valence-corrected chi connectivity index (χ2v) is 6.47. The molecule has 4 nitrogen and oxygen atoms in total. The summed E-state index contributed by atoms with van der Waals surface area (Å²) in [6, 6.07) is 0. The zero-order chi connectivity index (χ0) is 12.8. The van der Waals surface area contributed by atoms with Gasteiger partial charge in [0.25, 0.3) is 0 Å². The molecule has 5 heteroatoms. The van der Waals surface area contributed by atoms with Crippen molar-refractivity contribution in [2.45, 2.75) is 34.2 Å². The molecule has 98 valence electrons. The third-order valence-electron chi connectivity index (χ3n) is 2.45. The van der Waals surface area contributed by atoms with Crippen LogP contribution in [0.1, 0.15) is 26.5 Å². The fourth-order valence-electron chi connectivity index (χ4n) is 1.50. The number of anilines is 1. The van der Waals surface area contributed by atoms with E-state index in [-0.39, 0.29) is 0 Å². The number of aryl methyl sites for hydroxylation is 2. The highest BCUT2D eigenvalue weighted by Crippen LogP contribution is 2.09. The van der Waals surface area contributed by atoms with E-state index in [1.165, 1.54) is 0 Å². The molecule has 1 heterocycles. The Morgan fingerprint density at radius 2 is 2.24 bits per heavy atom. The van der Waals surface area contributed by atoms with Gasteiger partial charge < -0.3 is 9.88 Å². The van der Waals surface area contributed by atoms with E-state index in [2.05, 4.69) is 28.7 Å². The van der Waals surface area contributed by atoms with Gasteiger partial charge in [0, 0.05) is 41.6 Å². The first-order valence-corrected chi connectivity index (χ1v) is 7.64. The van der Waals surface area contributed by atoms with Crippen LogP contribution in [0, 0.1) is 12.8 Å². The molecule has 0 radical (unpaired) electrons. The molecular formula is C12H23N3OS. The van der Waals surface area contributed by atoms with Gasteiger partial charge in [-0.25, -0.2) is 4.98 Å². The van der Waals surface area contributed by atoms with Crippen molar-refractivity contribution in [3.05, 3.63) is 11.9 Å². The van der Waals surface area contributed by atoms with Gasteiger partial charge in [-0.05, 0) is 12.8 Å². The van der Waals surface area contributed by atoms with Crippen molar-refractivity contribution in [2.75, 3.05) is 23.4 Å². The lowest BCUT2D eigenvalue weighted by Crippen LogP contribution is -2.15. The van der Waals surface area contributed by atoms with Crippen LogP contribution >= 0.6 is 0 Å². The Labute approximate surface area is 106 Å². The Bertz CT molecular complexity index is 374. The summed E-state index contributed by atoms with van der Waals surface area (Å²) in [6.07, 6.45) is 2.01. The van der Waals surface area contributed by atoms with Gasteiger partial charge in [-0.15, -0.1) is 0 Å². The summed E-state index contributed by atoms with van der Waals surface area (Å²) in [5.74, 6) is 2.90. The lowest BCUT2D eigenvalue weighted by Gasteiger charge is -2.10. The molecule has 1 atom stereocenters. The minimum Gasteiger partial charge on any atom is -0.355 e. The van der Waals surface area contributed by atoms with Crippen LogP contribution in [0.4, 0.5) is 5.95 Å². The van der Waals surface area contributed by atoms with E-state index in [1.54, 1.807) is 0 Å². The number of rotatable bonds is 7. The van der Waals surface area contributed by atoms with Gasteiger partial charge in [0.2, 0.25) is 5.95 Å². The van der Waals surface area contributed by atoms with Gasteiger partial charge in [-0.3, -0.25) is 4.21 Å². The smallest absolute Gasteiger partial charge is 0.203 e. The Balaban J connectivity index is 2.60. The fourth-order valence-corrected chi connectivity index (χ4v) is 2.19. The molecule has 1 rings (SSSR count). The monoisotopic (exact) mass is 257 g/mol. The second kappa shape index (κ2) is 6.79. The molecule has 0 aromatic carbocycles. The zero-order valence-electron chi connectivity index (χ0n) is 11.2. The summed E-state index contributed by atoms with van der Waals surface area (Å²) in [7, 11) is -0.716. The maximum absolute atomic E-state index is 11.4. The van der Waals surface area contributed by atoms with E-state index in [9.17, 15) is 4.21 Å². The Morgan fingerprint density at radius 1 is 1.53 bits per heavy atom. The molecule has 0 aliphatic rings. The first kappa shape index (κ1) is 14.2. The minimum atomic E-state index is -0.716. The largest absolute Gasteiger partial charge is 0.355 e. The highest BCUT2D eigenvalue weighted by molar-refractivity contribution is 7.84. The van der Waals surface area contributed by atoms with E-state index in [0.717, 1.165) is 30.5 Å². The van der Waals surface area contributed by atoms with Gasteiger partial charge in [0.05, 0.1) is 5.69 Å². The molecule has 0 amide bonds. The van der Waals surface area contributed by atoms with E-state index >= 15 is 0 Å². The first-order chi connectivity index (χ1) is 8.02. The molecule has 0 bridgehead atoms. The van der Waals surface area contributed by atoms with Crippen LogP contribution in [0.2, 0.25) is 0 Å². The van der Waals surface area contributed by atoms with E-state index in [4.69, 9.17) is 0 Å². The standard InChI is InChI=1S/C12H23N3OS/c1-5-17(16)7-6-15-9-11(4)14-12(15)13-8-10(2)3/h9-10H,5-8H2,1-4H3,(H,13,14). The number of nitrogens with one attached hydrogen (secondary N) is 1. The predicted octanol–water partition coefficient (Wildman–Crippen LogP) is 2.03. The van der Waals surface area contributed by atoms with Crippen LogP contribution in [0.15, 0.2) is 6.20 Å². The maximum atomic E-state index is 11.4. The molecule has 17 heavy (non-hydrogen) atoms. The Kier molecular flexibility index (Phi) is 5.68. The average Bonchev–Trinajstić information content (AvgIpc) is 2.63. The summed E-state index contributed by atoms with van der Waals surface area (Å²) in [5, 5.41) is 3.33. The SMILES string of the molecule is CCS(=O)CCn1cc(C)nc1NCC(C)C. The summed E-state index contributed by atoms with van der Waals surface area (Å²) < 4.78 is 13.5. The quantitative estimate of drug-likeness (QED) is 0.813. The normalized spacial score (nSPS) is 13.0. The molecule has 1 aromatic rings. The first-order valence-electron chi connectivity index (χ1n) is 6.15. The van der Waals surface area contributed by atoms with Gasteiger partial charge >= 0.3 is 0 Å². The number of aromatic nitrogens is 2. The molecule has 1 N–H and O–H groups in total. The third-order valence-corrected chi connectivity index (χ3v) is 3.73. The number of hydrogen-bond acceptors (Lipinski definition) is 3. The van der Waals surface area contributed by atoms with Gasteiger partial charge in [-0.1, -0.05) is 20.8 Å². The van der Waals surface area contributed by atoms with Crippen molar-refractivity contribution in [3.63, 3.8) is 0 Å². The van der Waals surface area contributed by atoms with E-state index in [0.29, 0.717) is 11.7 Å². The van der Waals surface area contributed by atoms with Crippen molar-refractivity contribution in [1.82, 2.24) is 9.55 Å². The van der Waals surface area contributed by atoms with Crippen molar-refractivity contribution >= 4 is 16.7 Å². The molecule has 1 unspecified atom stereocenters. The molecule has 0 fully saturated rings. The zero-order valence-corrected chi connectivity index (χ0v) is 12.0. The second-order valence-electron chi connectivity index (χ2n) is 4.61. The van der Waals surface area contributed by atoms with E-state index in [1.807, 2.05) is 20.0 Å². The highest BCUT2D eigenvalue weighted by atomic mass is 32.2. The molecule has 0 spiro atoms. The summed E-state index contributed by atoms with van der Waals surface area (Å²) >= 11 is 0. The van der Waals surface area contributed by atoms with Crippen LogP contribution < -0.4 is 5.32 Å². The van der Waals surface area contributed by atoms with Crippen molar-refractivity contribution in [1.29, 1.82) is 0 Å². The minimum absolute atomic E-state index is 0.588. The summed E-state index contributed by atoms with van der Waals surface area (Å²) in [5.41, 5.74) is 0.999. The number of imidazole rings is 1. The predicted molar refractivity (Wildman–Crippen MR) is 73.8 cm³/mol. The van der Waals surface area contributed by atoms with Crippen LogP contribution in [0.3, 0.4) is 0 Å². The molecule has 0 saturated heterocycles.